The van der Waals surface area contributed by atoms with E-state index in [1.807, 2.05) is 0 Å². The molecule has 7 heteroatoms. The number of nitro groups is 1. The van der Waals surface area contributed by atoms with Crippen molar-refractivity contribution in [2.45, 2.75) is 12.5 Å². The number of nitro benzene ring substituents is 1. The number of likely N-dealkylation sites (tertiary alicyclic amines) is 1. The zero-order valence-corrected chi connectivity index (χ0v) is 11.5. The first kappa shape index (κ1) is 14.3. The van der Waals surface area contributed by atoms with Gasteiger partial charge in [0.15, 0.2) is 0 Å². The van der Waals surface area contributed by atoms with E-state index in [0.717, 1.165) is 6.42 Å². The van der Waals surface area contributed by atoms with Gasteiger partial charge in [0.25, 0.3) is 11.6 Å². The van der Waals surface area contributed by atoms with Crippen LogP contribution in [0.15, 0.2) is 18.2 Å². The maximum atomic E-state index is 12.3. The van der Waals surface area contributed by atoms with E-state index < -0.39 is 4.92 Å². The Labute approximate surface area is 116 Å². The molecule has 1 fully saturated rings. The molecule has 1 amide bonds. The van der Waals surface area contributed by atoms with Gasteiger partial charge < -0.3 is 15.0 Å². The van der Waals surface area contributed by atoms with Crippen molar-refractivity contribution in [1.29, 1.82) is 0 Å². The number of ether oxygens (including phenoxy) is 1. The minimum atomic E-state index is -0.495. The summed E-state index contributed by atoms with van der Waals surface area (Å²) in [5, 5.41) is 13.7. The standard InChI is InChI=1S/C13H17N3O4/c1-14-11-4-3-9(7-12(11)16(18)19)13(17)15-6-5-10(8-15)20-2/h3-4,7,10,14H,5-6,8H2,1-2H3. The average Bonchev–Trinajstić information content (AvgIpc) is 2.94. The van der Waals surface area contributed by atoms with Crippen LogP contribution in [0.3, 0.4) is 0 Å². The van der Waals surface area contributed by atoms with Crippen LogP contribution in [0, 0.1) is 10.1 Å². The highest BCUT2D eigenvalue weighted by Crippen LogP contribution is 2.26. The molecule has 0 aliphatic carbocycles. The molecular formula is C13H17N3O4. The minimum absolute atomic E-state index is 0.0468. The molecule has 1 N–H and O–H groups in total. The van der Waals surface area contributed by atoms with Gasteiger partial charge in [0.2, 0.25) is 0 Å². The van der Waals surface area contributed by atoms with Crippen molar-refractivity contribution in [3.8, 4) is 0 Å². The summed E-state index contributed by atoms with van der Waals surface area (Å²) in [6.45, 7) is 1.13. The monoisotopic (exact) mass is 279 g/mol. The number of nitrogens with zero attached hydrogens (tertiary/aromatic N) is 2. The van der Waals surface area contributed by atoms with E-state index in [4.69, 9.17) is 4.74 Å². The molecule has 0 saturated carbocycles. The molecule has 20 heavy (non-hydrogen) atoms. The van der Waals surface area contributed by atoms with Crippen molar-refractivity contribution < 1.29 is 14.5 Å². The van der Waals surface area contributed by atoms with Gasteiger partial charge >= 0.3 is 0 Å². The Morgan fingerprint density at radius 1 is 1.55 bits per heavy atom. The third kappa shape index (κ3) is 2.72. The summed E-state index contributed by atoms with van der Waals surface area (Å²) in [5.41, 5.74) is 0.621. The molecule has 0 spiro atoms. The van der Waals surface area contributed by atoms with Crippen LogP contribution in [0.1, 0.15) is 16.8 Å². The Balaban J connectivity index is 2.23. The van der Waals surface area contributed by atoms with Crippen LogP contribution in [-0.2, 0) is 4.74 Å². The second kappa shape index (κ2) is 5.87. The Hall–Kier alpha value is -2.15. The quantitative estimate of drug-likeness (QED) is 0.667. The Morgan fingerprint density at radius 3 is 2.85 bits per heavy atom. The molecule has 0 aromatic heterocycles. The molecule has 1 aliphatic rings. The van der Waals surface area contributed by atoms with Gasteiger partial charge in [-0.2, -0.15) is 0 Å². The molecule has 1 unspecified atom stereocenters. The lowest BCUT2D eigenvalue weighted by molar-refractivity contribution is -0.384. The lowest BCUT2D eigenvalue weighted by atomic mass is 10.1. The summed E-state index contributed by atoms with van der Waals surface area (Å²) >= 11 is 0. The number of methoxy groups -OCH3 is 1. The van der Waals surface area contributed by atoms with E-state index in [1.165, 1.54) is 6.07 Å². The SMILES string of the molecule is CNc1ccc(C(=O)N2CCC(OC)C2)cc1[N+](=O)[O-]. The zero-order valence-electron chi connectivity index (χ0n) is 11.5. The van der Waals surface area contributed by atoms with Crippen LogP contribution in [0.2, 0.25) is 0 Å². The minimum Gasteiger partial charge on any atom is -0.383 e. The number of nitrogens with one attached hydrogen (secondary N) is 1. The molecule has 108 valence electrons. The van der Waals surface area contributed by atoms with Gasteiger partial charge in [-0.1, -0.05) is 0 Å². The summed E-state index contributed by atoms with van der Waals surface area (Å²) in [4.78, 5) is 24.5. The predicted molar refractivity (Wildman–Crippen MR) is 74.0 cm³/mol. The number of hydrogen-bond donors (Lipinski definition) is 1. The third-order valence-corrected chi connectivity index (χ3v) is 3.48. The van der Waals surface area contributed by atoms with E-state index in [0.29, 0.717) is 24.3 Å². The van der Waals surface area contributed by atoms with Crippen LogP contribution in [0.4, 0.5) is 11.4 Å². The summed E-state index contributed by atoms with van der Waals surface area (Å²) in [7, 11) is 3.22. The summed E-state index contributed by atoms with van der Waals surface area (Å²) in [6, 6.07) is 4.46. The van der Waals surface area contributed by atoms with E-state index in [2.05, 4.69) is 5.32 Å². The molecule has 0 radical (unpaired) electrons. The molecule has 1 saturated heterocycles. The van der Waals surface area contributed by atoms with E-state index in [1.54, 1.807) is 31.2 Å². The van der Waals surface area contributed by atoms with Crippen LogP contribution in [0.25, 0.3) is 0 Å². The Morgan fingerprint density at radius 2 is 2.30 bits per heavy atom. The van der Waals surface area contributed by atoms with Crippen LogP contribution in [0.5, 0.6) is 0 Å². The summed E-state index contributed by atoms with van der Waals surface area (Å²) < 4.78 is 5.21. The maximum absolute atomic E-state index is 12.3. The molecule has 7 nitrogen and oxygen atoms in total. The number of carbonyl (C=O) groups is 1. The van der Waals surface area contributed by atoms with Crippen LogP contribution >= 0.6 is 0 Å². The normalized spacial score (nSPS) is 18.1. The van der Waals surface area contributed by atoms with E-state index in [-0.39, 0.29) is 17.7 Å². The molecule has 1 aromatic rings. The Kier molecular flexibility index (Phi) is 4.19. The first-order valence-electron chi connectivity index (χ1n) is 6.35. The van der Waals surface area contributed by atoms with Crippen molar-refractivity contribution in [3.05, 3.63) is 33.9 Å². The van der Waals surface area contributed by atoms with Gasteiger partial charge in [0.05, 0.1) is 11.0 Å². The topological polar surface area (TPSA) is 84.7 Å². The number of rotatable bonds is 4. The number of amides is 1. The van der Waals surface area contributed by atoms with Gasteiger partial charge in [-0.3, -0.25) is 14.9 Å². The lowest BCUT2D eigenvalue weighted by Crippen LogP contribution is -2.30. The van der Waals surface area contributed by atoms with Gasteiger partial charge in [-0.25, -0.2) is 0 Å². The first-order valence-corrected chi connectivity index (χ1v) is 6.35. The highest BCUT2D eigenvalue weighted by molar-refractivity contribution is 5.96. The number of benzene rings is 1. The predicted octanol–water partition coefficient (Wildman–Crippen LogP) is 1.50. The molecule has 1 aliphatic heterocycles. The summed E-state index contributed by atoms with van der Waals surface area (Å²) in [6.07, 6.45) is 0.837. The van der Waals surface area contributed by atoms with E-state index in [9.17, 15) is 14.9 Å². The van der Waals surface area contributed by atoms with Crippen molar-refractivity contribution in [3.63, 3.8) is 0 Å². The van der Waals surface area contributed by atoms with Gasteiger partial charge in [0, 0.05) is 38.9 Å². The summed E-state index contributed by atoms with van der Waals surface area (Å²) in [5.74, 6) is -0.199. The fraction of sp³-hybridized carbons (Fsp3) is 0.462. The average molecular weight is 279 g/mol. The van der Waals surface area contributed by atoms with Crippen LogP contribution in [-0.4, -0.2) is 49.1 Å². The molecule has 1 heterocycles. The number of hydrogen-bond acceptors (Lipinski definition) is 5. The zero-order chi connectivity index (χ0) is 14.7. The fourth-order valence-electron chi connectivity index (χ4n) is 2.31. The Bertz CT molecular complexity index is 532. The lowest BCUT2D eigenvalue weighted by Gasteiger charge is -2.16. The molecule has 1 aromatic carbocycles. The van der Waals surface area contributed by atoms with Crippen molar-refractivity contribution >= 4 is 17.3 Å². The smallest absolute Gasteiger partial charge is 0.293 e. The van der Waals surface area contributed by atoms with Gasteiger partial charge in [0.1, 0.15) is 5.69 Å². The highest BCUT2D eigenvalue weighted by Gasteiger charge is 2.28. The second-order valence-electron chi connectivity index (χ2n) is 4.64. The molecule has 0 bridgehead atoms. The number of carbonyl (C=O) groups excluding carboxylic acids is 1. The van der Waals surface area contributed by atoms with Crippen molar-refractivity contribution in [1.82, 2.24) is 4.90 Å². The fourth-order valence-corrected chi connectivity index (χ4v) is 2.31. The van der Waals surface area contributed by atoms with Crippen molar-refractivity contribution in [2.75, 3.05) is 32.6 Å². The second-order valence-corrected chi connectivity index (χ2v) is 4.64. The largest absolute Gasteiger partial charge is 0.383 e. The van der Waals surface area contributed by atoms with Crippen LogP contribution < -0.4 is 5.32 Å². The third-order valence-electron chi connectivity index (χ3n) is 3.48. The number of anilines is 1. The van der Waals surface area contributed by atoms with Gasteiger partial charge in [-0.15, -0.1) is 0 Å². The highest BCUT2D eigenvalue weighted by atomic mass is 16.6. The van der Waals surface area contributed by atoms with Gasteiger partial charge in [-0.05, 0) is 18.6 Å². The van der Waals surface area contributed by atoms with E-state index >= 15 is 0 Å². The maximum Gasteiger partial charge on any atom is 0.293 e. The molecule has 2 rings (SSSR count). The first-order chi connectivity index (χ1) is 9.56. The van der Waals surface area contributed by atoms with Crippen molar-refractivity contribution in [2.24, 2.45) is 0 Å². The molecular weight excluding hydrogens is 262 g/mol. The molecule has 1 atom stereocenters.